The molecule has 0 N–H and O–H groups in total. The molecule has 0 saturated carbocycles. The van der Waals surface area contributed by atoms with Gasteiger partial charge in [-0.25, -0.2) is 0 Å². The van der Waals surface area contributed by atoms with Gasteiger partial charge in [0.05, 0.1) is 5.25 Å². The van der Waals surface area contributed by atoms with Crippen LogP contribution in [0.15, 0.2) is 30.3 Å². The highest BCUT2D eigenvalue weighted by Crippen LogP contribution is 2.25. The molecule has 1 nitrogen and oxygen atoms in total. The fraction of sp³-hybridized carbons (Fsp3) is 0.300. The van der Waals surface area contributed by atoms with E-state index in [-0.39, 0.29) is 0 Å². The monoisotopic (exact) mass is 210 g/mol. The number of thiocarbonyl (C=S) groups is 1. The van der Waals surface area contributed by atoms with Crippen molar-refractivity contribution >= 4 is 28.4 Å². The Morgan fingerprint density at radius 1 is 1.38 bits per heavy atom. The first-order valence-electron chi connectivity index (χ1n) is 4.22. The molecule has 1 aromatic rings. The minimum atomic E-state index is 0.509. The first-order chi connectivity index (χ1) is 6.34. The van der Waals surface area contributed by atoms with E-state index in [4.69, 9.17) is 17.0 Å². The average molecular weight is 210 g/mol. The van der Waals surface area contributed by atoms with Crippen LogP contribution in [0.5, 0.6) is 0 Å². The van der Waals surface area contributed by atoms with Gasteiger partial charge in [-0.15, -0.1) is 0 Å². The van der Waals surface area contributed by atoms with E-state index in [0.717, 1.165) is 13.0 Å². The van der Waals surface area contributed by atoms with Gasteiger partial charge < -0.3 is 4.74 Å². The maximum absolute atomic E-state index is 5.23. The van der Waals surface area contributed by atoms with E-state index < -0.39 is 0 Å². The largest absolute Gasteiger partial charge is 0.477 e. The molecular weight excluding hydrogens is 200 g/mol. The quantitative estimate of drug-likeness (QED) is 0.695. The summed E-state index contributed by atoms with van der Waals surface area (Å²) in [5.74, 6) is 0. The van der Waals surface area contributed by atoms with Crippen molar-refractivity contribution < 1.29 is 4.74 Å². The second-order valence-electron chi connectivity index (χ2n) is 2.99. The van der Waals surface area contributed by atoms with Gasteiger partial charge in [0.1, 0.15) is 6.61 Å². The van der Waals surface area contributed by atoms with Crippen molar-refractivity contribution in [3.8, 4) is 0 Å². The Kier molecular flexibility index (Phi) is 2.86. The highest BCUT2D eigenvalue weighted by molar-refractivity contribution is 8.23. The predicted octanol–water partition coefficient (Wildman–Crippen LogP) is 2.65. The van der Waals surface area contributed by atoms with E-state index in [2.05, 4.69) is 24.3 Å². The van der Waals surface area contributed by atoms with Crippen LogP contribution in [0.3, 0.4) is 0 Å². The molecule has 68 valence electrons. The van der Waals surface area contributed by atoms with E-state index in [1.165, 1.54) is 5.56 Å². The second kappa shape index (κ2) is 4.11. The lowest BCUT2D eigenvalue weighted by Gasteiger charge is -2.04. The lowest BCUT2D eigenvalue weighted by atomic mass is 10.1. The third-order valence-corrected chi connectivity index (χ3v) is 3.31. The summed E-state index contributed by atoms with van der Waals surface area (Å²) in [4.78, 5) is 0. The van der Waals surface area contributed by atoms with Crippen molar-refractivity contribution in [1.82, 2.24) is 0 Å². The van der Waals surface area contributed by atoms with Crippen LogP contribution in [-0.4, -0.2) is 16.2 Å². The number of hydrogen-bond donors (Lipinski definition) is 0. The first-order valence-corrected chi connectivity index (χ1v) is 5.51. The summed E-state index contributed by atoms with van der Waals surface area (Å²) < 4.78 is 5.93. The van der Waals surface area contributed by atoms with Crippen molar-refractivity contribution in [1.29, 1.82) is 0 Å². The third kappa shape index (κ3) is 2.45. The van der Waals surface area contributed by atoms with Gasteiger partial charge in [0.15, 0.2) is 0 Å². The van der Waals surface area contributed by atoms with E-state index >= 15 is 0 Å². The normalized spacial score (nSPS) is 21.5. The number of ether oxygens (including phenoxy) is 1. The highest BCUT2D eigenvalue weighted by Gasteiger charge is 2.21. The standard InChI is InChI=1S/C10H10OS2/c12-10-11-7-9(13-10)6-8-4-2-1-3-5-8/h1-5,9H,6-7H2. The van der Waals surface area contributed by atoms with Crippen LogP contribution in [0.1, 0.15) is 5.56 Å². The van der Waals surface area contributed by atoms with Crippen LogP contribution in [-0.2, 0) is 11.2 Å². The molecule has 0 amide bonds. The number of benzene rings is 1. The molecule has 1 heterocycles. The van der Waals surface area contributed by atoms with E-state index in [0.29, 0.717) is 9.63 Å². The second-order valence-corrected chi connectivity index (χ2v) is 4.89. The van der Waals surface area contributed by atoms with Gasteiger partial charge in [-0.2, -0.15) is 0 Å². The molecule has 2 rings (SSSR count). The van der Waals surface area contributed by atoms with E-state index in [1.54, 1.807) is 11.8 Å². The van der Waals surface area contributed by atoms with Crippen LogP contribution < -0.4 is 0 Å². The Balaban J connectivity index is 1.96. The molecule has 0 spiro atoms. The van der Waals surface area contributed by atoms with Gasteiger partial charge in [-0.05, 0) is 24.2 Å². The predicted molar refractivity (Wildman–Crippen MR) is 60.1 cm³/mol. The van der Waals surface area contributed by atoms with Gasteiger partial charge in [0, 0.05) is 0 Å². The zero-order valence-electron chi connectivity index (χ0n) is 7.10. The molecule has 1 atom stereocenters. The van der Waals surface area contributed by atoms with Gasteiger partial charge in [0.2, 0.25) is 4.38 Å². The smallest absolute Gasteiger partial charge is 0.220 e. The Morgan fingerprint density at radius 3 is 2.77 bits per heavy atom. The highest BCUT2D eigenvalue weighted by atomic mass is 32.2. The molecule has 0 aromatic heterocycles. The first kappa shape index (κ1) is 9.03. The summed E-state index contributed by atoms with van der Waals surface area (Å²) in [6, 6.07) is 10.4. The topological polar surface area (TPSA) is 9.23 Å². The minimum Gasteiger partial charge on any atom is -0.477 e. The molecule has 13 heavy (non-hydrogen) atoms. The van der Waals surface area contributed by atoms with Gasteiger partial charge >= 0.3 is 0 Å². The molecule has 0 aliphatic carbocycles. The number of rotatable bonds is 2. The Morgan fingerprint density at radius 2 is 2.15 bits per heavy atom. The maximum atomic E-state index is 5.23. The molecule has 3 heteroatoms. The van der Waals surface area contributed by atoms with Gasteiger partial charge in [0.25, 0.3) is 0 Å². The van der Waals surface area contributed by atoms with E-state index in [9.17, 15) is 0 Å². The summed E-state index contributed by atoms with van der Waals surface area (Å²) >= 11 is 6.62. The molecule has 1 aliphatic rings. The zero-order valence-corrected chi connectivity index (χ0v) is 8.74. The number of thioether (sulfide) groups is 1. The Bertz CT molecular complexity index is 297. The van der Waals surface area contributed by atoms with Crippen molar-refractivity contribution in [3.05, 3.63) is 35.9 Å². The van der Waals surface area contributed by atoms with Crippen molar-refractivity contribution in [2.24, 2.45) is 0 Å². The lowest BCUT2D eigenvalue weighted by Crippen LogP contribution is -2.06. The van der Waals surface area contributed by atoms with Crippen LogP contribution >= 0.6 is 24.0 Å². The zero-order chi connectivity index (χ0) is 9.10. The lowest BCUT2D eigenvalue weighted by molar-refractivity contribution is 0.334. The summed E-state index contributed by atoms with van der Waals surface area (Å²) in [5, 5.41) is 0.509. The van der Waals surface area contributed by atoms with Crippen molar-refractivity contribution in [2.45, 2.75) is 11.7 Å². The van der Waals surface area contributed by atoms with Gasteiger partial charge in [-0.3, -0.25) is 0 Å². The van der Waals surface area contributed by atoms with E-state index in [1.807, 2.05) is 6.07 Å². The third-order valence-electron chi connectivity index (χ3n) is 1.96. The summed E-state index contributed by atoms with van der Waals surface area (Å²) in [7, 11) is 0. The van der Waals surface area contributed by atoms with Crippen LogP contribution in [0.25, 0.3) is 0 Å². The number of hydrogen-bond acceptors (Lipinski definition) is 3. The van der Waals surface area contributed by atoms with Crippen LogP contribution in [0, 0.1) is 0 Å². The summed E-state index contributed by atoms with van der Waals surface area (Å²) in [5.41, 5.74) is 1.35. The van der Waals surface area contributed by atoms with Crippen molar-refractivity contribution in [3.63, 3.8) is 0 Å². The minimum absolute atomic E-state index is 0.509. The Labute approximate surface area is 87.5 Å². The summed E-state index contributed by atoms with van der Waals surface area (Å²) in [6.45, 7) is 0.762. The molecule has 1 aromatic carbocycles. The fourth-order valence-corrected chi connectivity index (χ4v) is 2.64. The van der Waals surface area contributed by atoms with Crippen LogP contribution in [0.4, 0.5) is 0 Å². The molecule has 1 unspecified atom stereocenters. The Hall–Kier alpha value is -0.540. The molecule has 1 aliphatic heterocycles. The SMILES string of the molecule is S=C1OCC(Cc2ccccc2)S1. The molecule has 0 bridgehead atoms. The molecule has 0 radical (unpaired) electrons. The molecular formula is C10H10OS2. The molecule has 1 saturated heterocycles. The average Bonchev–Trinajstić information content (AvgIpc) is 2.53. The fourth-order valence-electron chi connectivity index (χ4n) is 1.34. The van der Waals surface area contributed by atoms with Crippen molar-refractivity contribution in [2.75, 3.05) is 6.61 Å². The van der Waals surface area contributed by atoms with Gasteiger partial charge in [-0.1, -0.05) is 42.1 Å². The maximum Gasteiger partial charge on any atom is 0.220 e. The molecule has 1 fully saturated rings. The van der Waals surface area contributed by atoms with Crippen LogP contribution in [0.2, 0.25) is 0 Å². The summed E-state index contributed by atoms with van der Waals surface area (Å²) in [6.07, 6.45) is 1.05.